The number of aryl methyl sites for hydroxylation is 1. The van der Waals surface area contributed by atoms with Gasteiger partial charge in [0.1, 0.15) is 6.04 Å². The van der Waals surface area contributed by atoms with E-state index in [2.05, 4.69) is 0 Å². The molecule has 1 amide bonds. The molecule has 63 valence electrons. The maximum Gasteiger partial charge on any atom is 0.259 e. The van der Waals surface area contributed by atoms with Gasteiger partial charge in [-0.15, -0.1) is 0 Å². The Labute approximate surface area is 71.4 Å². The van der Waals surface area contributed by atoms with E-state index in [0.29, 0.717) is 5.56 Å². The van der Waals surface area contributed by atoms with E-state index in [1.165, 1.54) is 0 Å². The van der Waals surface area contributed by atoms with Crippen molar-refractivity contribution in [1.82, 2.24) is 5.73 Å². The molecule has 0 aliphatic heterocycles. The van der Waals surface area contributed by atoms with Crippen LogP contribution in [0.1, 0.15) is 17.2 Å². The van der Waals surface area contributed by atoms with Gasteiger partial charge in [-0.2, -0.15) is 0 Å². The zero-order chi connectivity index (χ0) is 9.14. The number of carbonyl (C=O) groups excluding carboxylic acids is 1. The Morgan fingerprint density at radius 3 is 2.33 bits per heavy atom. The highest BCUT2D eigenvalue weighted by Crippen LogP contribution is 2.10. The molecule has 0 saturated carbocycles. The molecule has 0 spiro atoms. The van der Waals surface area contributed by atoms with E-state index < -0.39 is 11.9 Å². The van der Waals surface area contributed by atoms with Gasteiger partial charge in [-0.3, -0.25) is 10.5 Å². The van der Waals surface area contributed by atoms with Crippen LogP contribution in [-0.4, -0.2) is 5.91 Å². The maximum atomic E-state index is 10.6. The SMILES string of the molecule is Cc1ccc(C(N)C([NH])=O)cc1. The normalized spacial score (nSPS) is 12.5. The van der Waals surface area contributed by atoms with Crippen molar-refractivity contribution in [3.8, 4) is 0 Å². The maximum absolute atomic E-state index is 10.6. The van der Waals surface area contributed by atoms with Gasteiger partial charge < -0.3 is 5.73 Å². The van der Waals surface area contributed by atoms with E-state index in [9.17, 15) is 4.79 Å². The van der Waals surface area contributed by atoms with Crippen molar-refractivity contribution >= 4 is 5.91 Å². The van der Waals surface area contributed by atoms with Gasteiger partial charge in [-0.25, -0.2) is 0 Å². The monoisotopic (exact) mass is 163 g/mol. The number of nitrogens with two attached hydrogens (primary N) is 1. The molecule has 1 atom stereocenters. The van der Waals surface area contributed by atoms with Gasteiger partial charge in [-0.1, -0.05) is 29.8 Å². The van der Waals surface area contributed by atoms with Crippen LogP contribution in [0.3, 0.4) is 0 Å². The minimum atomic E-state index is -0.800. The molecule has 1 aromatic rings. The first kappa shape index (κ1) is 8.74. The van der Waals surface area contributed by atoms with Gasteiger partial charge in [-0.05, 0) is 12.5 Å². The molecule has 0 aliphatic carbocycles. The molecule has 0 heterocycles. The number of amides is 1. The molecular formula is C9H11N2O. The zero-order valence-corrected chi connectivity index (χ0v) is 6.87. The number of carbonyl (C=O) groups is 1. The molecule has 12 heavy (non-hydrogen) atoms. The lowest BCUT2D eigenvalue weighted by molar-refractivity contribution is -0.120. The third kappa shape index (κ3) is 1.83. The van der Waals surface area contributed by atoms with Crippen LogP contribution in [-0.2, 0) is 4.79 Å². The molecule has 1 radical (unpaired) electrons. The van der Waals surface area contributed by atoms with Crippen molar-refractivity contribution in [2.45, 2.75) is 13.0 Å². The standard InChI is InChI=1S/C9H11N2O/c1-6-2-4-7(5-3-6)8(10)9(11)12/h2-5,8,11H,10H2,1H3. The van der Waals surface area contributed by atoms with Crippen LogP contribution in [0, 0.1) is 6.92 Å². The van der Waals surface area contributed by atoms with Crippen molar-refractivity contribution in [1.29, 1.82) is 0 Å². The van der Waals surface area contributed by atoms with Crippen LogP contribution in [0.25, 0.3) is 0 Å². The highest BCUT2D eigenvalue weighted by molar-refractivity contribution is 5.80. The highest BCUT2D eigenvalue weighted by atomic mass is 16.1. The molecule has 3 N–H and O–H groups in total. The summed E-state index contributed by atoms with van der Waals surface area (Å²) in [6, 6.07) is 6.49. The van der Waals surface area contributed by atoms with E-state index in [4.69, 9.17) is 11.5 Å². The molecule has 1 unspecified atom stereocenters. The lowest BCUT2D eigenvalue weighted by Gasteiger charge is -2.06. The summed E-state index contributed by atoms with van der Waals surface area (Å²) in [6.07, 6.45) is 0. The summed E-state index contributed by atoms with van der Waals surface area (Å²) in [5.41, 5.74) is 14.1. The first-order chi connectivity index (χ1) is 5.61. The number of nitrogens with one attached hydrogen (secondary N) is 1. The average molecular weight is 163 g/mol. The molecule has 0 bridgehead atoms. The lowest BCUT2D eigenvalue weighted by Crippen LogP contribution is -2.21. The van der Waals surface area contributed by atoms with Crippen LogP contribution in [0.2, 0.25) is 0 Å². The molecule has 3 heteroatoms. The van der Waals surface area contributed by atoms with E-state index in [-0.39, 0.29) is 0 Å². The molecule has 0 saturated heterocycles. The summed E-state index contributed by atoms with van der Waals surface area (Å²) in [5, 5.41) is 0. The topological polar surface area (TPSA) is 66.9 Å². The number of hydrogen-bond donors (Lipinski definition) is 1. The third-order valence-electron chi connectivity index (χ3n) is 1.72. The van der Waals surface area contributed by atoms with Crippen LogP contribution in [0.15, 0.2) is 24.3 Å². The molecule has 1 rings (SSSR count). The fourth-order valence-corrected chi connectivity index (χ4v) is 0.925. The largest absolute Gasteiger partial charge is 0.316 e. The van der Waals surface area contributed by atoms with Crippen LogP contribution >= 0.6 is 0 Å². The molecular weight excluding hydrogens is 152 g/mol. The van der Waals surface area contributed by atoms with Gasteiger partial charge in [0.15, 0.2) is 0 Å². The fraction of sp³-hybridized carbons (Fsp3) is 0.222. The molecule has 1 aromatic carbocycles. The Balaban J connectivity index is 2.89. The van der Waals surface area contributed by atoms with Gasteiger partial charge in [0.2, 0.25) is 0 Å². The van der Waals surface area contributed by atoms with E-state index in [0.717, 1.165) is 5.56 Å². The Hall–Kier alpha value is -1.35. The van der Waals surface area contributed by atoms with E-state index in [1.54, 1.807) is 12.1 Å². The molecule has 3 nitrogen and oxygen atoms in total. The summed E-state index contributed by atoms with van der Waals surface area (Å²) in [4.78, 5) is 10.6. The minimum absolute atomic E-state index is 0.695. The van der Waals surface area contributed by atoms with Gasteiger partial charge in [0.05, 0.1) is 0 Å². The van der Waals surface area contributed by atoms with Crippen molar-refractivity contribution < 1.29 is 4.79 Å². The van der Waals surface area contributed by atoms with Crippen molar-refractivity contribution in [2.24, 2.45) is 5.73 Å². The number of hydrogen-bond acceptors (Lipinski definition) is 2. The third-order valence-corrected chi connectivity index (χ3v) is 1.72. The highest BCUT2D eigenvalue weighted by Gasteiger charge is 2.11. The van der Waals surface area contributed by atoms with Crippen LogP contribution in [0.4, 0.5) is 0 Å². The predicted molar refractivity (Wildman–Crippen MR) is 46.2 cm³/mol. The Morgan fingerprint density at radius 1 is 1.42 bits per heavy atom. The Kier molecular flexibility index (Phi) is 2.45. The second-order valence-electron chi connectivity index (χ2n) is 2.75. The van der Waals surface area contributed by atoms with Gasteiger partial charge in [0, 0.05) is 0 Å². The first-order valence-electron chi connectivity index (χ1n) is 3.69. The Bertz CT molecular complexity index is 279. The first-order valence-corrected chi connectivity index (χ1v) is 3.69. The van der Waals surface area contributed by atoms with Crippen molar-refractivity contribution in [2.75, 3.05) is 0 Å². The summed E-state index contributed by atoms with van der Waals surface area (Å²) in [6.45, 7) is 1.96. The van der Waals surface area contributed by atoms with Gasteiger partial charge in [0.25, 0.3) is 5.91 Å². The summed E-state index contributed by atoms with van der Waals surface area (Å²) in [5.74, 6) is -0.751. The van der Waals surface area contributed by atoms with Crippen LogP contribution < -0.4 is 11.5 Å². The summed E-state index contributed by atoms with van der Waals surface area (Å²) in [7, 11) is 0. The van der Waals surface area contributed by atoms with E-state index >= 15 is 0 Å². The predicted octanol–water partition coefficient (Wildman–Crippen LogP) is 0.804. The lowest BCUT2D eigenvalue weighted by atomic mass is 10.1. The van der Waals surface area contributed by atoms with E-state index in [1.807, 2.05) is 19.1 Å². The molecule has 0 fully saturated rings. The molecule has 0 aliphatic rings. The quantitative estimate of drug-likeness (QED) is 0.700. The van der Waals surface area contributed by atoms with Crippen LogP contribution in [0.5, 0.6) is 0 Å². The Morgan fingerprint density at radius 2 is 1.92 bits per heavy atom. The second kappa shape index (κ2) is 3.36. The summed E-state index contributed by atoms with van der Waals surface area (Å²) < 4.78 is 0. The summed E-state index contributed by atoms with van der Waals surface area (Å²) >= 11 is 0. The second-order valence-corrected chi connectivity index (χ2v) is 2.75. The van der Waals surface area contributed by atoms with Gasteiger partial charge >= 0.3 is 0 Å². The molecule has 0 aromatic heterocycles. The smallest absolute Gasteiger partial charge is 0.259 e. The number of rotatable bonds is 2. The average Bonchev–Trinajstić information content (AvgIpc) is 2.04. The fourth-order valence-electron chi connectivity index (χ4n) is 0.925. The zero-order valence-electron chi connectivity index (χ0n) is 6.87. The minimum Gasteiger partial charge on any atom is -0.316 e. The van der Waals surface area contributed by atoms with Crippen molar-refractivity contribution in [3.05, 3.63) is 35.4 Å². The van der Waals surface area contributed by atoms with Crippen molar-refractivity contribution in [3.63, 3.8) is 0 Å². The number of benzene rings is 1.